The van der Waals surface area contributed by atoms with Gasteiger partial charge in [-0.2, -0.15) is 8.78 Å². The molecule has 0 amide bonds. The zero-order valence-electron chi connectivity index (χ0n) is 21.8. The topological polar surface area (TPSA) is 9.23 Å². The highest BCUT2D eigenvalue weighted by atomic mass is 19.3. The molecular weight excluding hydrogens is 438 g/mol. The summed E-state index contributed by atoms with van der Waals surface area (Å²) in [6.07, 6.45) is 11.2. The molecule has 192 valence electrons. The van der Waals surface area contributed by atoms with Gasteiger partial charge in [0.05, 0.1) is 12.2 Å². The van der Waals surface area contributed by atoms with Gasteiger partial charge in [-0.3, -0.25) is 0 Å². The van der Waals surface area contributed by atoms with Gasteiger partial charge in [-0.25, -0.2) is 0 Å². The highest BCUT2D eigenvalue weighted by molar-refractivity contribution is 5.28. The molecule has 0 N–H and O–H groups in total. The van der Waals surface area contributed by atoms with Gasteiger partial charge in [-0.15, -0.1) is 0 Å². The van der Waals surface area contributed by atoms with Gasteiger partial charge in [0.25, 0.3) is 0 Å². The van der Waals surface area contributed by atoms with Crippen molar-refractivity contribution in [2.24, 2.45) is 11.8 Å². The first kappa shape index (κ1) is 26.3. The fourth-order valence-electron chi connectivity index (χ4n) is 6.38. The zero-order chi connectivity index (χ0) is 24.7. The largest absolute Gasteiger partial charge is 0.383 e. The van der Waals surface area contributed by atoms with Crippen LogP contribution in [-0.2, 0) is 17.3 Å². The third kappa shape index (κ3) is 7.15. The molecule has 4 rings (SSSR count). The van der Waals surface area contributed by atoms with E-state index in [0.29, 0.717) is 18.3 Å². The van der Waals surface area contributed by atoms with E-state index in [1.807, 2.05) is 12.1 Å². The molecule has 0 aliphatic heterocycles. The van der Waals surface area contributed by atoms with Gasteiger partial charge in [0, 0.05) is 0 Å². The van der Waals surface area contributed by atoms with Gasteiger partial charge in [-0.05, 0) is 98.1 Å². The molecule has 0 radical (unpaired) electrons. The summed E-state index contributed by atoms with van der Waals surface area (Å²) in [6, 6.07) is 15.5. The first-order valence-corrected chi connectivity index (χ1v) is 14.2. The molecule has 0 aromatic heterocycles. The van der Waals surface area contributed by atoms with Crippen LogP contribution in [0.4, 0.5) is 8.78 Å². The summed E-state index contributed by atoms with van der Waals surface area (Å²) in [7, 11) is 0. The van der Waals surface area contributed by atoms with E-state index in [4.69, 9.17) is 4.74 Å². The average Bonchev–Trinajstić information content (AvgIpc) is 2.90. The fourth-order valence-corrected chi connectivity index (χ4v) is 6.38. The van der Waals surface area contributed by atoms with Crippen LogP contribution in [0.3, 0.4) is 0 Å². The van der Waals surface area contributed by atoms with Crippen molar-refractivity contribution in [2.75, 3.05) is 6.61 Å². The molecule has 0 saturated heterocycles. The van der Waals surface area contributed by atoms with Crippen molar-refractivity contribution in [3.8, 4) is 0 Å². The minimum Gasteiger partial charge on any atom is -0.316 e. The normalized spacial score (nSPS) is 25.5. The molecule has 0 unspecified atom stereocenters. The molecule has 2 aliphatic rings. The standard InChI is InChI=1S/C32H44F2O/c1-3-5-25-8-14-28(15-9-25)29-16-10-26(11-17-29)22-23-35-32(33,34)31-20-18-30(19-21-31)27-12-6-24(4-2)7-13-27/h10-11,16-21,24-25,27-28H,3-9,12-15,22-23H2,1-2H3/t24-,25-,27-,28-. The molecule has 2 fully saturated rings. The number of halogens is 2. The summed E-state index contributed by atoms with van der Waals surface area (Å²) in [5.74, 6) is 2.91. The lowest BCUT2D eigenvalue weighted by atomic mass is 9.77. The van der Waals surface area contributed by atoms with Crippen LogP contribution in [0.25, 0.3) is 0 Å². The second-order valence-electron chi connectivity index (χ2n) is 11.1. The Morgan fingerprint density at radius 2 is 1.23 bits per heavy atom. The monoisotopic (exact) mass is 482 g/mol. The average molecular weight is 483 g/mol. The smallest absolute Gasteiger partial charge is 0.316 e. The Hall–Kier alpha value is -1.74. The van der Waals surface area contributed by atoms with Crippen LogP contribution >= 0.6 is 0 Å². The summed E-state index contributed by atoms with van der Waals surface area (Å²) in [5.41, 5.74) is 3.61. The summed E-state index contributed by atoms with van der Waals surface area (Å²) in [5, 5.41) is 0. The van der Waals surface area contributed by atoms with Crippen LogP contribution in [0.1, 0.15) is 119 Å². The molecule has 0 spiro atoms. The van der Waals surface area contributed by atoms with E-state index in [1.54, 1.807) is 12.1 Å². The molecule has 2 aromatic rings. The molecule has 0 heterocycles. The number of hydrogen-bond acceptors (Lipinski definition) is 1. The van der Waals surface area contributed by atoms with E-state index in [1.165, 1.54) is 81.8 Å². The van der Waals surface area contributed by atoms with Gasteiger partial charge in [0.15, 0.2) is 0 Å². The lowest BCUT2D eigenvalue weighted by molar-refractivity contribution is -0.248. The summed E-state index contributed by atoms with van der Waals surface area (Å²) >= 11 is 0. The van der Waals surface area contributed by atoms with Gasteiger partial charge in [0.2, 0.25) is 0 Å². The summed E-state index contributed by atoms with van der Waals surface area (Å²) < 4.78 is 34.5. The molecule has 0 atom stereocenters. The van der Waals surface area contributed by atoms with Gasteiger partial charge >= 0.3 is 6.11 Å². The summed E-state index contributed by atoms with van der Waals surface area (Å²) in [4.78, 5) is 0. The Bertz CT molecular complexity index is 873. The predicted molar refractivity (Wildman–Crippen MR) is 141 cm³/mol. The van der Waals surface area contributed by atoms with Crippen LogP contribution in [0.2, 0.25) is 0 Å². The van der Waals surface area contributed by atoms with Crippen LogP contribution < -0.4 is 0 Å². The van der Waals surface area contributed by atoms with Crippen molar-refractivity contribution in [2.45, 2.75) is 109 Å². The Labute approximate surface area is 211 Å². The quantitative estimate of drug-likeness (QED) is 0.327. The van der Waals surface area contributed by atoms with E-state index in [9.17, 15) is 8.78 Å². The Morgan fingerprint density at radius 1 is 0.714 bits per heavy atom. The molecule has 2 saturated carbocycles. The van der Waals surface area contributed by atoms with Crippen molar-refractivity contribution in [1.82, 2.24) is 0 Å². The van der Waals surface area contributed by atoms with E-state index in [0.717, 1.165) is 17.4 Å². The minimum atomic E-state index is -3.25. The van der Waals surface area contributed by atoms with Crippen LogP contribution in [0, 0.1) is 11.8 Å². The van der Waals surface area contributed by atoms with Crippen molar-refractivity contribution >= 4 is 0 Å². The van der Waals surface area contributed by atoms with Gasteiger partial charge in [0.1, 0.15) is 0 Å². The maximum Gasteiger partial charge on any atom is 0.383 e. The molecule has 3 heteroatoms. The van der Waals surface area contributed by atoms with Crippen LogP contribution in [0.15, 0.2) is 48.5 Å². The third-order valence-corrected chi connectivity index (χ3v) is 8.81. The van der Waals surface area contributed by atoms with E-state index in [-0.39, 0.29) is 12.2 Å². The number of ether oxygens (including phenoxy) is 1. The third-order valence-electron chi connectivity index (χ3n) is 8.81. The number of benzene rings is 2. The highest BCUT2D eigenvalue weighted by Crippen LogP contribution is 2.39. The minimum absolute atomic E-state index is 0.0112. The molecule has 2 aliphatic carbocycles. The van der Waals surface area contributed by atoms with Crippen molar-refractivity contribution in [1.29, 1.82) is 0 Å². The van der Waals surface area contributed by atoms with Gasteiger partial charge in [-0.1, -0.05) is 81.6 Å². The molecular formula is C32H44F2O. The lowest BCUT2D eigenvalue weighted by Crippen LogP contribution is -2.20. The summed E-state index contributed by atoms with van der Waals surface area (Å²) in [6.45, 7) is 4.55. The first-order chi connectivity index (χ1) is 17.0. The first-order valence-electron chi connectivity index (χ1n) is 14.2. The van der Waals surface area contributed by atoms with Crippen molar-refractivity contribution < 1.29 is 13.5 Å². The lowest BCUT2D eigenvalue weighted by Gasteiger charge is -2.28. The Kier molecular flexibility index (Phi) is 9.39. The van der Waals surface area contributed by atoms with Crippen molar-refractivity contribution in [3.05, 3.63) is 70.8 Å². The number of alkyl halides is 2. The highest BCUT2D eigenvalue weighted by Gasteiger charge is 2.33. The van der Waals surface area contributed by atoms with Gasteiger partial charge < -0.3 is 4.74 Å². The van der Waals surface area contributed by atoms with E-state index >= 15 is 0 Å². The second kappa shape index (κ2) is 12.5. The molecule has 0 bridgehead atoms. The van der Waals surface area contributed by atoms with Crippen LogP contribution in [0.5, 0.6) is 0 Å². The predicted octanol–water partition coefficient (Wildman–Crippen LogP) is 9.75. The van der Waals surface area contributed by atoms with Crippen LogP contribution in [-0.4, -0.2) is 6.61 Å². The van der Waals surface area contributed by atoms with E-state index in [2.05, 4.69) is 38.1 Å². The number of rotatable bonds is 10. The van der Waals surface area contributed by atoms with E-state index < -0.39 is 6.11 Å². The maximum absolute atomic E-state index is 14.7. The Morgan fingerprint density at radius 3 is 1.74 bits per heavy atom. The second-order valence-corrected chi connectivity index (χ2v) is 11.1. The molecule has 1 nitrogen and oxygen atoms in total. The van der Waals surface area contributed by atoms with Crippen molar-refractivity contribution in [3.63, 3.8) is 0 Å². The number of hydrogen-bond donors (Lipinski definition) is 0. The molecule has 35 heavy (non-hydrogen) atoms. The maximum atomic E-state index is 14.7. The molecule has 2 aromatic carbocycles. The zero-order valence-corrected chi connectivity index (χ0v) is 21.8. The Balaban J connectivity index is 1.23. The SMILES string of the molecule is CCC[C@H]1CC[C@H](c2ccc(CCOC(F)(F)c3ccc([C@H]4CC[C@H](CC)CC4)cc3)cc2)CC1. The fraction of sp³-hybridized carbons (Fsp3) is 0.625.